The Morgan fingerprint density at radius 3 is 2.89 bits per heavy atom. The van der Waals surface area contributed by atoms with Crippen LogP contribution in [0.3, 0.4) is 0 Å². The number of ketones is 1. The Labute approximate surface area is 109 Å². The highest BCUT2D eigenvalue weighted by Gasteiger charge is 2.17. The van der Waals surface area contributed by atoms with E-state index in [1.54, 1.807) is 0 Å². The lowest BCUT2D eigenvalue weighted by Gasteiger charge is -2.22. The summed E-state index contributed by atoms with van der Waals surface area (Å²) < 4.78 is 0. The first-order valence-corrected chi connectivity index (χ1v) is 6.69. The monoisotopic (exact) mass is 246 g/mol. The fourth-order valence-electron chi connectivity index (χ4n) is 2.53. The van der Waals surface area contributed by atoms with Crippen molar-refractivity contribution in [2.45, 2.75) is 19.4 Å². The summed E-state index contributed by atoms with van der Waals surface area (Å²) in [5.41, 5.74) is 1.35. The van der Waals surface area contributed by atoms with Crippen LogP contribution in [0.25, 0.3) is 0 Å². The van der Waals surface area contributed by atoms with Crippen LogP contribution in [0.5, 0.6) is 0 Å². The molecule has 0 aromatic heterocycles. The largest absolute Gasteiger partial charge is 0.310 e. The molecule has 98 valence electrons. The maximum atomic E-state index is 11.3. The topological polar surface area (TPSA) is 32.3 Å². The van der Waals surface area contributed by atoms with E-state index < -0.39 is 0 Å². The van der Waals surface area contributed by atoms with Crippen LogP contribution < -0.4 is 5.32 Å². The lowest BCUT2D eigenvalue weighted by molar-refractivity contribution is -0.118. The summed E-state index contributed by atoms with van der Waals surface area (Å²) >= 11 is 0. The van der Waals surface area contributed by atoms with Gasteiger partial charge in [0.25, 0.3) is 0 Å². The van der Waals surface area contributed by atoms with Crippen molar-refractivity contribution in [3.63, 3.8) is 0 Å². The van der Waals surface area contributed by atoms with Crippen molar-refractivity contribution >= 4 is 5.78 Å². The number of nitrogens with zero attached hydrogens (tertiary/aromatic N) is 1. The molecule has 1 unspecified atom stereocenters. The number of carbonyl (C=O) groups is 1. The van der Waals surface area contributed by atoms with E-state index in [4.69, 9.17) is 0 Å². The van der Waals surface area contributed by atoms with Crippen molar-refractivity contribution in [3.8, 4) is 0 Å². The molecule has 2 rings (SSSR count). The molecule has 1 saturated heterocycles. The first-order valence-electron chi connectivity index (χ1n) is 6.69. The number of Topliss-reactive ketones (excluding diaryl/α,β-unsaturated/α-hetero) is 1. The standard InChI is InChI=1S/C15H22N2O/c1-17(11-13-5-3-2-4-6-13)12-14-7-8-15(18)10-16-9-14/h2-6,14,16H,7-12H2,1H3. The summed E-state index contributed by atoms with van der Waals surface area (Å²) in [6.45, 7) is 3.55. The summed E-state index contributed by atoms with van der Waals surface area (Å²) in [7, 11) is 2.15. The highest BCUT2D eigenvalue weighted by molar-refractivity contribution is 5.80. The SMILES string of the molecule is CN(Cc1ccccc1)CC1CCC(=O)CNC1. The summed E-state index contributed by atoms with van der Waals surface area (Å²) in [5, 5.41) is 3.24. The number of nitrogens with one attached hydrogen (secondary N) is 1. The molecule has 1 aliphatic heterocycles. The van der Waals surface area contributed by atoms with E-state index in [0.29, 0.717) is 18.2 Å². The minimum absolute atomic E-state index is 0.350. The number of rotatable bonds is 4. The van der Waals surface area contributed by atoms with Gasteiger partial charge >= 0.3 is 0 Å². The maximum Gasteiger partial charge on any atom is 0.146 e. The Hall–Kier alpha value is -1.19. The minimum atomic E-state index is 0.350. The highest BCUT2D eigenvalue weighted by atomic mass is 16.1. The second-order valence-electron chi connectivity index (χ2n) is 5.26. The van der Waals surface area contributed by atoms with E-state index in [-0.39, 0.29) is 0 Å². The van der Waals surface area contributed by atoms with Gasteiger partial charge < -0.3 is 10.2 Å². The number of carbonyl (C=O) groups excluding carboxylic acids is 1. The molecule has 0 spiro atoms. The first-order chi connectivity index (χ1) is 8.74. The van der Waals surface area contributed by atoms with E-state index in [1.165, 1.54) is 5.56 Å². The first kappa shape index (κ1) is 13.2. The van der Waals surface area contributed by atoms with Crippen LogP contribution in [0.4, 0.5) is 0 Å². The zero-order valence-electron chi connectivity index (χ0n) is 11.1. The Kier molecular flexibility index (Phi) is 4.90. The molecule has 0 aliphatic carbocycles. The molecule has 0 radical (unpaired) electrons. The Balaban J connectivity index is 1.80. The molecule has 3 heteroatoms. The van der Waals surface area contributed by atoms with Crippen LogP contribution in [0.1, 0.15) is 18.4 Å². The molecule has 3 nitrogen and oxygen atoms in total. The molecular formula is C15H22N2O. The number of benzene rings is 1. The molecule has 1 fully saturated rings. The van der Waals surface area contributed by atoms with Crippen molar-refractivity contribution in [1.82, 2.24) is 10.2 Å². The molecule has 0 bridgehead atoms. The van der Waals surface area contributed by atoms with Gasteiger partial charge in [0.15, 0.2) is 0 Å². The smallest absolute Gasteiger partial charge is 0.146 e. The van der Waals surface area contributed by atoms with Gasteiger partial charge in [-0.05, 0) is 31.5 Å². The van der Waals surface area contributed by atoms with Gasteiger partial charge in [0.1, 0.15) is 5.78 Å². The van der Waals surface area contributed by atoms with E-state index in [2.05, 4.69) is 41.5 Å². The average Bonchev–Trinajstić information content (AvgIpc) is 2.56. The third-order valence-corrected chi connectivity index (χ3v) is 3.45. The zero-order chi connectivity index (χ0) is 12.8. The second-order valence-corrected chi connectivity index (χ2v) is 5.26. The van der Waals surface area contributed by atoms with Crippen molar-refractivity contribution in [2.75, 3.05) is 26.7 Å². The maximum absolute atomic E-state index is 11.3. The third kappa shape index (κ3) is 4.24. The summed E-state index contributed by atoms with van der Waals surface area (Å²) in [6.07, 6.45) is 1.75. The second kappa shape index (κ2) is 6.66. The summed E-state index contributed by atoms with van der Waals surface area (Å²) in [5.74, 6) is 0.938. The molecular weight excluding hydrogens is 224 g/mol. The molecule has 1 atom stereocenters. The van der Waals surface area contributed by atoms with Crippen molar-refractivity contribution < 1.29 is 4.79 Å². The van der Waals surface area contributed by atoms with Crippen molar-refractivity contribution in [3.05, 3.63) is 35.9 Å². The minimum Gasteiger partial charge on any atom is -0.310 e. The normalized spacial score (nSPS) is 21.0. The van der Waals surface area contributed by atoms with E-state index in [9.17, 15) is 4.79 Å². The molecule has 1 heterocycles. The summed E-state index contributed by atoms with van der Waals surface area (Å²) in [6, 6.07) is 10.5. The van der Waals surface area contributed by atoms with Gasteiger partial charge in [0.05, 0.1) is 6.54 Å². The fraction of sp³-hybridized carbons (Fsp3) is 0.533. The van der Waals surface area contributed by atoms with Crippen LogP contribution >= 0.6 is 0 Å². The van der Waals surface area contributed by atoms with Gasteiger partial charge in [-0.15, -0.1) is 0 Å². The van der Waals surface area contributed by atoms with Gasteiger partial charge in [-0.25, -0.2) is 0 Å². The van der Waals surface area contributed by atoms with Gasteiger partial charge in [-0.1, -0.05) is 30.3 Å². The molecule has 1 aromatic rings. The lowest BCUT2D eigenvalue weighted by Crippen LogP contribution is -2.31. The van der Waals surface area contributed by atoms with Gasteiger partial charge in [-0.2, -0.15) is 0 Å². The number of hydrogen-bond acceptors (Lipinski definition) is 3. The molecule has 0 amide bonds. The predicted octanol–water partition coefficient (Wildman–Crippen LogP) is 1.69. The molecule has 0 saturated carbocycles. The predicted molar refractivity (Wildman–Crippen MR) is 73.4 cm³/mol. The van der Waals surface area contributed by atoms with Crippen molar-refractivity contribution in [2.24, 2.45) is 5.92 Å². The molecule has 1 aliphatic rings. The Morgan fingerprint density at radius 1 is 1.33 bits per heavy atom. The van der Waals surface area contributed by atoms with Gasteiger partial charge in [0, 0.05) is 19.5 Å². The lowest BCUT2D eigenvalue weighted by atomic mass is 10.0. The highest BCUT2D eigenvalue weighted by Crippen LogP contribution is 2.12. The third-order valence-electron chi connectivity index (χ3n) is 3.45. The molecule has 1 N–H and O–H groups in total. The van der Waals surface area contributed by atoms with Crippen LogP contribution in [-0.4, -0.2) is 37.4 Å². The quantitative estimate of drug-likeness (QED) is 0.877. The van der Waals surface area contributed by atoms with E-state index in [0.717, 1.165) is 32.5 Å². The zero-order valence-corrected chi connectivity index (χ0v) is 11.1. The molecule has 1 aromatic carbocycles. The van der Waals surface area contributed by atoms with Crippen LogP contribution in [0.2, 0.25) is 0 Å². The van der Waals surface area contributed by atoms with E-state index in [1.807, 2.05) is 6.07 Å². The van der Waals surface area contributed by atoms with Gasteiger partial charge in [-0.3, -0.25) is 4.79 Å². The van der Waals surface area contributed by atoms with Gasteiger partial charge in [0.2, 0.25) is 0 Å². The van der Waals surface area contributed by atoms with Crippen LogP contribution in [-0.2, 0) is 11.3 Å². The Morgan fingerprint density at radius 2 is 2.11 bits per heavy atom. The average molecular weight is 246 g/mol. The number of hydrogen-bond donors (Lipinski definition) is 1. The fourth-order valence-corrected chi connectivity index (χ4v) is 2.53. The Bertz CT molecular complexity index is 377. The molecule has 18 heavy (non-hydrogen) atoms. The summed E-state index contributed by atoms with van der Waals surface area (Å²) in [4.78, 5) is 13.7. The van der Waals surface area contributed by atoms with Crippen molar-refractivity contribution in [1.29, 1.82) is 0 Å². The van der Waals surface area contributed by atoms with E-state index >= 15 is 0 Å². The van der Waals surface area contributed by atoms with Crippen LogP contribution in [0.15, 0.2) is 30.3 Å². The van der Waals surface area contributed by atoms with Crippen LogP contribution in [0, 0.1) is 5.92 Å².